The first kappa shape index (κ1) is 9.94. The van der Waals surface area contributed by atoms with Gasteiger partial charge in [-0.25, -0.2) is 0 Å². The summed E-state index contributed by atoms with van der Waals surface area (Å²) >= 11 is 1.77. The Morgan fingerprint density at radius 1 is 1.43 bits per heavy atom. The molecule has 0 bridgehead atoms. The van der Waals surface area contributed by atoms with Crippen molar-refractivity contribution in [3.63, 3.8) is 0 Å². The molecule has 1 nitrogen and oxygen atoms in total. The van der Waals surface area contributed by atoms with Crippen molar-refractivity contribution in [1.82, 2.24) is 5.32 Å². The van der Waals surface area contributed by atoms with Gasteiger partial charge in [0.05, 0.1) is 0 Å². The van der Waals surface area contributed by atoms with Gasteiger partial charge < -0.3 is 5.32 Å². The first-order valence-electron chi connectivity index (χ1n) is 5.32. The van der Waals surface area contributed by atoms with Crippen LogP contribution in [0.1, 0.15) is 24.8 Å². The lowest BCUT2D eigenvalue weighted by Gasteiger charge is -2.17. The molecule has 1 aromatic rings. The van der Waals surface area contributed by atoms with Crippen molar-refractivity contribution in [2.24, 2.45) is 5.92 Å². The van der Waals surface area contributed by atoms with E-state index in [1.165, 1.54) is 31.4 Å². The summed E-state index contributed by atoms with van der Waals surface area (Å²) in [5.74, 6) is 0.860. The van der Waals surface area contributed by atoms with Gasteiger partial charge in [0.1, 0.15) is 0 Å². The summed E-state index contributed by atoms with van der Waals surface area (Å²) in [6, 6.07) is 2.19. The first-order valence-corrected chi connectivity index (χ1v) is 6.26. The van der Waals surface area contributed by atoms with E-state index >= 15 is 0 Å². The van der Waals surface area contributed by atoms with Crippen LogP contribution in [0.2, 0.25) is 0 Å². The molecule has 0 amide bonds. The number of thiophene rings is 1. The molecule has 1 aliphatic rings. The molecule has 2 rings (SSSR count). The van der Waals surface area contributed by atoms with Crippen molar-refractivity contribution in [1.29, 1.82) is 0 Å². The summed E-state index contributed by atoms with van der Waals surface area (Å²) in [4.78, 5) is 0. The normalized spacial score (nSPS) is 21.3. The van der Waals surface area contributed by atoms with E-state index in [4.69, 9.17) is 0 Å². The highest BCUT2D eigenvalue weighted by atomic mass is 32.1. The Labute approximate surface area is 89.8 Å². The summed E-state index contributed by atoms with van der Waals surface area (Å²) in [6.45, 7) is 2.20. The van der Waals surface area contributed by atoms with E-state index in [1.807, 2.05) is 0 Å². The number of nitrogens with one attached hydrogen (secondary N) is 1. The molecule has 1 aliphatic carbocycles. The lowest BCUT2D eigenvalue weighted by atomic mass is 9.94. The average molecular weight is 207 g/mol. The van der Waals surface area contributed by atoms with Crippen LogP contribution in [0.3, 0.4) is 0 Å². The third-order valence-electron chi connectivity index (χ3n) is 2.72. The van der Waals surface area contributed by atoms with Gasteiger partial charge in [-0.05, 0) is 54.1 Å². The molecule has 1 heterocycles. The molecule has 0 aromatic carbocycles. The average Bonchev–Trinajstić information content (AvgIpc) is 2.72. The van der Waals surface area contributed by atoms with Gasteiger partial charge in [-0.1, -0.05) is 12.2 Å². The van der Waals surface area contributed by atoms with Gasteiger partial charge in [0.15, 0.2) is 0 Å². The third-order valence-corrected chi connectivity index (χ3v) is 3.45. The Morgan fingerprint density at radius 2 is 2.43 bits per heavy atom. The minimum Gasteiger partial charge on any atom is -0.312 e. The van der Waals surface area contributed by atoms with Crippen molar-refractivity contribution in [3.8, 4) is 0 Å². The van der Waals surface area contributed by atoms with E-state index in [1.54, 1.807) is 11.3 Å². The molecule has 0 fully saturated rings. The van der Waals surface area contributed by atoms with E-state index in [0.717, 1.165) is 12.5 Å². The minimum atomic E-state index is 0.860. The highest BCUT2D eigenvalue weighted by Crippen LogP contribution is 2.17. The summed E-state index contributed by atoms with van der Waals surface area (Å²) in [5.41, 5.74) is 1.42. The first-order chi connectivity index (χ1) is 6.95. The zero-order valence-corrected chi connectivity index (χ0v) is 9.22. The highest BCUT2D eigenvalue weighted by Gasteiger charge is 2.08. The molecule has 1 atom stereocenters. The maximum absolute atomic E-state index is 3.53. The molecule has 1 N–H and O–H groups in total. The monoisotopic (exact) mass is 207 g/mol. The van der Waals surface area contributed by atoms with Gasteiger partial charge in [-0.2, -0.15) is 11.3 Å². The van der Waals surface area contributed by atoms with Crippen LogP contribution in [0.5, 0.6) is 0 Å². The van der Waals surface area contributed by atoms with Crippen LogP contribution in [0.25, 0.3) is 0 Å². The number of allylic oxidation sites excluding steroid dienone is 2. The molecular weight excluding hydrogens is 190 g/mol. The number of rotatable bonds is 4. The fourth-order valence-electron chi connectivity index (χ4n) is 1.86. The topological polar surface area (TPSA) is 12.0 Å². The van der Waals surface area contributed by atoms with Crippen LogP contribution in [0.15, 0.2) is 29.0 Å². The SMILES string of the molecule is C1=CCC(CNCc2ccsc2)CC1. The van der Waals surface area contributed by atoms with Crippen molar-refractivity contribution < 1.29 is 0 Å². The quantitative estimate of drug-likeness (QED) is 0.748. The van der Waals surface area contributed by atoms with Crippen LogP contribution in [-0.2, 0) is 6.54 Å². The summed E-state index contributed by atoms with van der Waals surface area (Å²) < 4.78 is 0. The molecule has 2 heteroatoms. The van der Waals surface area contributed by atoms with Gasteiger partial charge in [0.25, 0.3) is 0 Å². The minimum absolute atomic E-state index is 0.860. The fraction of sp³-hybridized carbons (Fsp3) is 0.500. The predicted molar refractivity (Wildman–Crippen MR) is 62.5 cm³/mol. The molecule has 0 saturated heterocycles. The Morgan fingerprint density at radius 3 is 3.14 bits per heavy atom. The Bertz CT molecular complexity index is 277. The molecule has 0 saturated carbocycles. The molecule has 0 aliphatic heterocycles. The second-order valence-corrected chi connectivity index (χ2v) is 4.69. The maximum Gasteiger partial charge on any atom is 0.0213 e. The summed E-state index contributed by atoms with van der Waals surface area (Å²) in [7, 11) is 0. The Balaban J connectivity index is 1.65. The molecule has 1 aromatic heterocycles. The molecule has 0 radical (unpaired) electrons. The molecular formula is C12H17NS. The van der Waals surface area contributed by atoms with Gasteiger partial charge in [-0.15, -0.1) is 0 Å². The van der Waals surface area contributed by atoms with E-state index in [0.29, 0.717) is 0 Å². The number of hydrogen-bond acceptors (Lipinski definition) is 2. The second-order valence-electron chi connectivity index (χ2n) is 3.91. The van der Waals surface area contributed by atoms with Crippen LogP contribution >= 0.6 is 11.3 Å². The maximum atomic E-state index is 3.53. The van der Waals surface area contributed by atoms with E-state index < -0.39 is 0 Å². The van der Waals surface area contributed by atoms with Gasteiger partial charge in [0.2, 0.25) is 0 Å². The van der Waals surface area contributed by atoms with E-state index in [9.17, 15) is 0 Å². The highest BCUT2D eigenvalue weighted by molar-refractivity contribution is 7.07. The summed E-state index contributed by atoms with van der Waals surface area (Å²) in [5, 5.41) is 7.89. The van der Waals surface area contributed by atoms with E-state index in [2.05, 4.69) is 34.3 Å². The van der Waals surface area contributed by atoms with Gasteiger partial charge in [0, 0.05) is 6.54 Å². The van der Waals surface area contributed by atoms with Crippen molar-refractivity contribution in [3.05, 3.63) is 34.5 Å². The van der Waals surface area contributed by atoms with Crippen LogP contribution in [0, 0.1) is 5.92 Å². The van der Waals surface area contributed by atoms with Crippen molar-refractivity contribution >= 4 is 11.3 Å². The van der Waals surface area contributed by atoms with Crippen LogP contribution in [0.4, 0.5) is 0 Å². The van der Waals surface area contributed by atoms with E-state index in [-0.39, 0.29) is 0 Å². The van der Waals surface area contributed by atoms with Crippen molar-refractivity contribution in [2.45, 2.75) is 25.8 Å². The zero-order valence-electron chi connectivity index (χ0n) is 8.41. The Hall–Kier alpha value is -0.600. The summed E-state index contributed by atoms with van der Waals surface area (Å²) in [6.07, 6.45) is 8.50. The predicted octanol–water partition coefficient (Wildman–Crippen LogP) is 3.19. The zero-order chi connectivity index (χ0) is 9.64. The molecule has 1 unspecified atom stereocenters. The lowest BCUT2D eigenvalue weighted by molar-refractivity contribution is 0.440. The van der Waals surface area contributed by atoms with Crippen LogP contribution < -0.4 is 5.32 Å². The smallest absolute Gasteiger partial charge is 0.0213 e. The molecule has 76 valence electrons. The lowest BCUT2D eigenvalue weighted by Crippen LogP contribution is -2.22. The molecule has 14 heavy (non-hydrogen) atoms. The number of hydrogen-bond donors (Lipinski definition) is 1. The molecule has 0 spiro atoms. The Kier molecular flexibility index (Phi) is 3.78. The van der Waals surface area contributed by atoms with Crippen molar-refractivity contribution in [2.75, 3.05) is 6.54 Å². The van der Waals surface area contributed by atoms with Gasteiger partial charge >= 0.3 is 0 Å². The second kappa shape index (κ2) is 5.32. The van der Waals surface area contributed by atoms with Gasteiger partial charge in [-0.3, -0.25) is 0 Å². The fourth-order valence-corrected chi connectivity index (χ4v) is 2.52. The largest absolute Gasteiger partial charge is 0.312 e. The third kappa shape index (κ3) is 2.96. The standard InChI is InChI=1S/C12H17NS/c1-2-4-11(5-3-1)8-13-9-12-6-7-14-10-12/h1-2,6-7,10-11,13H,3-5,8-9H2. The van der Waals surface area contributed by atoms with Crippen LogP contribution in [-0.4, -0.2) is 6.54 Å².